The molecule has 2 rings (SSSR count). The van der Waals surface area contributed by atoms with Crippen LogP contribution in [0.2, 0.25) is 0 Å². The quantitative estimate of drug-likeness (QED) is 0.355. The fraction of sp³-hybridized carbons (Fsp3) is 0.111. The summed E-state index contributed by atoms with van der Waals surface area (Å²) in [6, 6.07) is 4.40. The molecule has 2 aromatic rings. The highest BCUT2D eigenvalue weighted by atomic mass is 19.1. The predicted octanol–water partition coefficient (Wildman–Crippen LogP) is 4.45. The SMILES string of the molecule is C/C=C/Cc1cc(F)c(C(=O)Oc2cc(F)c(C#N)c(F)c2)c(F)c1. The fourth-order valence-corrected chi connectivity index (χ4v) is 2.07. The van der Waals surface area contributed by atoms with Crippen LogP contribution in [0.3, 0.4) is 0 Å². The zero-order valence-electron chi connectivity index (χ0n) is 12.9. The van der Waals surface area contributed by atoms with E-state index in [1.807, 2.05) is 0 Å². The molecule has 0 spiro atoms. The molecule has 0 radical (unpaired) electrons. The van der Waals surface area contributed by atoms with Crippen molar-refractivity contribution >= 4 is 5.97 Å². The number of rotatable bonds is 4. The van der Waals surface area contributed by atoms with Crippen molar-refractivity contribution in [3.8, 4) is 11.8 Å². The number of carbonyl (C=O) groups is 1. The predicted molar refractivity (Wildman–Crippen MR) is 80.9 cm³/mol. The van der Waals surface area contributed by atoms with Gasteiger partial charge in [-0.2, -0.15) is 5.26 Å². The van der Waals surface area contributed by atoms with E-state index in [0.29, 0.717) is 17.7 Å². The maximum Gasteiger partial charge on any atom is 0.349 e. The molecule has 7 heteroatoms. The van der Waals surface area contributed by atoms with Gasteiger partial charge in [-0.05, 0) is 31.0 Å². The van der Waals surface area contributed by atoms with Crippen LogP contribution >= 0.6 is 0 Å². The highest BCUT2D eigenvalue weighted by molar-refractivity contribution is 5.91. The highest BCUT2D eigenvalue weighted by Crippen LogP contribution is 2.23. The first kappa shape index (κ1) is 18.2. The summed E-state index contributed by atoms with van der Waals surface area (Å²) >= 11 is 0. The van der Waals surface area contributed by atoms with Crippen LogP contribution in [0.5, 0.6) is 5.75 Å². The Morgan fingerprint density at radius 3 is 2.12 bits per heavy atom. The number of benzene rings is 2. The third-order valence-electron chi connectivity index (χ3n) is 3.23. The van der Waals surface area contributed by atoms with E-state index in [0.717, 1.165) is 12.1 Å². The fourth-order valence-electron chi connectivity index (χ4n) is 2.07. The van der Waals surface area contributed by atoms with Crippen LogP contribution in [0.4, 0.5) is 17.6 Å². The van der Waals surface area contributed by atoms with Crippen LogP contribution in [0.1, 0.15) is 28.4 Å². The van der Waals surface area contributed by atoms with Gasteiger partial charge >= 0.3 is 5.97 Å². The molecule has 0 bridgehead atoms. The van der Waals surface area contributed by atoms with Gasteiger partial charge in [0.15, 0.2) is 0 Å². The van der Waals surface area contributed by atoms with Crippen LogP contribution in [-0.2, 0) is 6.42 Å². The van der Waals surface area contributed by atoms with Crippen molar-refractivity contribution in [1.82, 2.24) is 0 Å². The Bertz CT molecular complexity index is 854. The van der Waals surface area contributed by atoms with Crippen LogP contribution in [0.25, 0.3) is 0 Å². The van der Waals surface area contributed by atoms with Gasteiger partial charge in [0.1, 0.15) is 46.2 Å². The van der Waals surface area contributed by atoms with Crippen molar-refractivity contribution in [3.05, 3.63) is 76.4 Å². The summed E-state index contributed by atoms with van der Waals surface area (Å²) in [6.07, 6.45) is 3.65. The first-order valence-electron chi connectivity index (χ1n) is 7.07. The molecule has 0 saturated heterocycles. The average Bonchev–Trinajstić information content (AvgIpc) is 2.52. The summed E-state index contributed by atoms with van der Waals surface area (Å²) in [4.78, 5) is 11.9. The zero-order valence-corrected chi connectivity index (χ0v) is 12.9. The molecule has 0 aliphatic carbocycles. The molecule has 25 heavy (non-hydrogen) atoms. The summed E-state index contributed by atoms with van der Waals surface area (Å²) in [5.74, 6) is -6.88. The lowest BCUT2D eigenvalue weighted by Crippen LogP contribution is -2.14. The number of nitriles is 1. The first-order chi connectivity index (χ1) is 11.9. The highest BCUT2D eigenvalue weighted by Gasteiger charge is 2.22. The molecule has 0 unspecified atom stereocenters. The van der Waals surface area contributed by atoms with E-state index in [2.05, 4.69) is 4.74 Å². The summed E-state index contributed by atoms with van der Waals surface area (Å²) in [7, 11) is 0. The van der Waals surface area contributed by atoms with E-state index in [-0.39, 0.29) is 6.42 Å². The Balaban J connectivity index is 2.31. The Morgan fingerprint density at radius 2 is 1.64 bits per heavy atom. The maximum atomic E-state index is 14.0. The maximum absolute atomic E-state index is 14.0. The van der Waals surface area contributed by atoms with Gasteiger partial charge in [-0.15, -0.1) is 0 Å². The molecule has 0 amide bonds. The molecular weight excluding hydrogens is 338 g/mol. The molecule has 0 saturated carbocycles. The van der Waals surface area contributed by atoms with Gasteiger partial charge in [-0.1, -0.05) is 12.2 Å². The third kappa shape index (κ3) is 4.04. The molecule has 0 aromatic heterocycles. The van der Waals surface area contributed by atoms with E-state index in [9.17, 15) is 22.4 Å². The van der Waals surface area contributed by atoms with E-state index in [1.54, 1.807) is 19.1 Å². The summed E-state index contributed by atoms with van der Waals surface area (Å²) in [5, 5.41) is 8.57. The van der Waals surface area contributed by atoms with Gasteiger partial charge in [0.25, 0.3) is 0 Å². The molecule has 0 N–H and O–H groups in total. The monoisotopic (exact) mass is 349 g/mol. The van der Waals surface area contributed by atoms with Gasteiger partial charge < -0.3 is 4.74 Å². The molecule has 0 aliphatic heterocycles. The second-order valence-electron chi connectivity index (χ2n) is 4.97. The lowest BCUT2D eigenvalue weighted by molar-refractivity contribution is 0.0723. The summed E-state index contributed by atoms with van der Waals surface area (Å²) < 4.78 is 59.6. The van der Waals surface area contributed by atoms with Crippen molar-refractivity contribution in [2.45, 2.75) is 13.3 Å². The normalized spacial score (nSPS) is 10.7. The Labute approximate surface area is 140 Å². The Kier molecular flexibility index (Phi) is 5.55. The molecule has 0 fully saturated rings. The van der Waals surface area contributed by atoms with Crippen molar-refractivity contribution in [2.24, 2.45) is 0 Å². The van der Waals surface area contributed by atoms with Gasteiger partial charge in [-0.25, -0.2) is 22.4 Å². The van der Waals surface area contributed by atoms with E-state index >= 15 is 0 Å². The zero-order chi connectivity index (χ0) is 18.6. The molecule has 128 valence electrons. The summed E-state index contributed by atoms with van der Waals surface area (Å²) in [5.41, 5.74) is -1.53. The minimum absolute atomic E-state index is 0.270. The Morgan fingerprint density at radius 1 is 1.08 bits per heavy atom. The van der Waals surface area contributed by atoms with Crippen LogP contribution < -0.4 is 4.74 Å². The van der Waals surface area contributed by atoms with Gasteiger partial charge in [0, 0.05) is 12.1 Å². The lowest BCUT2D eigenvalue weighted by atomic mass is 10.1. The average molecular weight is 349 g/mol. The molecule has 0 aliphatic rings. The second-order valence-corrected chi connectivity index (χ2v) is 4.97. The number of ether oxygens (including phenoxy) is 1. The van der Waals surface area contributed by atoms with Gasteiger partial charge in [-0.3, -0.25) is 0 Å². The third-order valence-corrected chi connectivity index (χ3v) is 3.23. The standard InChI is InChI=1S/C18H11F4NO2/c1-2-3-4-10-5-15(21)17(16(22)6-10)18(24)25-11-7-13(19)12(9-23)14(20)8-11/h2-3,5-8H,4H2,1H3/b3-2+. The molecule has 0 atom stereocenters. The Hall–Kier alpha value is -3.14. The number of hydrogen-bond donors (Lipinski definition) is 0. The number of hydrogen-bond acceptors (Lipinski definition) is 3. The largest absolute Gasteiger partial charge is 0.423 e. The molecule has 3 nitrogen and oxygen atoms in total. The minimum atomic E-state index is -1.45. The van der Waals surface area contributed by atoms with E-state index in [1.165, 1.54) is 6.07 Å². The number of carbonyl (C=O) groups excluding carboxylic acids is 1. The van der Waals surface area contributed by atoms with E-state index in [4.69, 9.17) is 5.26 Å². The topological polar surface area (TPSA) is 50.1 Å². The van der Waals surface area contributed by atoms with Crippen molar-refractivity contribution in [2.75, 3.05) is 0 Å². The van der Waals surface area contributed by atoms with Crippen molar-refractivity contribution < 1.29 is 27.1 Å². The smallest absolute Gasteiger partial charge is 0.349 e. The lowest BCUT2D eigenvalue weighted by Gasteiger charge is -2.08. The second kappa shape index (κ2) is 7.62. The van der Waals surface area contributed by atoms with Crippen molar-refractivity contribution in [3.63, 3.8) is 0 Å². The molecule has 0 heterocycles. The van der Waals surface area contributed by atoms with Gasteiger partial charge in [0.05, 0.1) is 0 Å². The van der Waals surface area contributed by atoms with E-state index < -0.39 is 46.1 Å². The number of allylic oxidation sites excluding steroid dienone is 2. The number of nitrogens with zero attached hydrogens (tertiary/aromatic N) is 1. The summed E-state index contributed by atoms with van der Waals surface area (Å²) in [6.45, 7) is 1.74. The van der Waals surface area contributed by atoms with Crippen molar-refractivity contribution in [1.29, 1.82) is 5.26 Å². The molecule has 2 aromatic carbocycles. The van der Waals surface area contributed by atoms with Crippen LogP contribution in [-0.4, -0.2) is 5.97 Å². The molecular formula is C18H11F4NO2. The number of esters is 1. The first-order valence-corrected chi connectivity index (χ1v) is 7.07. The van der Waals surface area contributed by atoms with Gasteiger partial charge in [0.2, 0.25) is 0 Å². The van der Waals surface area contributed by atoms with Crippen LogP contribution in [0.15, 0.2) is 36.4 Å². The van der Waals surface area contributed by atoms with Crippen LogP contribution in [0, 0.1) is 34.6 Å². The minimum Gasteiger partial charge on any atom is -0.423 e. The number of halogens is 4.